The Hall–Kier alpha value is -0.800. The van der Waals surface area contributed by atoms with Gasteiger partial charge in [0.05, 0.1) is 12.6 Å². The van der Waals surface area contributed by atoms with Crippen molar-refractivity contribution < 1.29 is 9.52 Å². The smallest absolute Gasteiger partial charge is 0.117 e. The molecule has 0 spiro atoms. The molecule has 2 N–H and O–H groups in total. The molecule has 1 aromatic rings. The Morgan fingerprint density at radius 2 is 2.13 bits per heavy atom. The van der Waals surface area contributed by atoms with Gasteiger partial charge in [-0.3, -0.25) is 0 Å². The molecule has 86 valence electrons. The van der Waals surface area contributed by atoms with Gasteiger partial charge in [0, 0.05) is 6.42 Å². The van der Waals surface area contributed by atoms with E-state index in [0.717, 1.165) is 43.9 Å². The molecule has 0 saturated carbocycles. The minimum absolute atomic E-state index is 0.192. The van der Waals surface area contributed by atoms with Crippen LogP contribution >= 0.6 is 0 Å². The van der Waals surface area contributed by atoms with Gasteiger partial charge in [-0.15, -0.1) is 0 Å². The van der Waals surface area contributed by atoms with E-state index in [0.29, 0.717) is 0 Å². The summed E-state index contributed by atoms with van der Waals surface area (Å²) in [5.41, 5.74) is 0. The zero-order valence-electron chi connectivity index (χ0n) is 9.62. The van der Waals surface area contributed by atoms with E-state index in [9.17, 15) is 0 Å². The summed E-state index contributed by atoms with van der Waals surface area (Å²) >= 11 is 0. The summed E-state index contributed by atoms with van der Waals surface area (Å²) in [5, 5.41) is 12.3. The number of hydrogen-bond donors (Lipinski definition) is 2. The number of aliphatic hydroxyl groups excluding tert-OH is 1. The van der Waals surface area contributed by atoms with Crippen LogP contribution in [0.15, 0.2) is 16.5 Å². The molecule has 0 bridgehead atoms. The maximum atomic E-state index is 9.06. The highest BCUT2D eigenvalue weighted by Gasteiger charge is 2.00. The zero-order valence-corrected chi connectivity index (χ0v) is 9.62. The Balaban J connectivity index is 2.09. The third-order valence-corrected chi connectivity index (χ3v) is 2.34. The predicted octanol–water partition coefficient (Wildman–Crippen LogP) is 2.09. The van der Waals surface area contributed by atoms with E-state index in [2.05, 4.69) is 12.2 Å². The van der Waals surface area contributed by atoms with Crippen LogP contribution < -0.4 is 5.32 Å². The topological polar surface area (TPSA) is 45.4 Å². The van der Waals surface area contributed by atoms with Crippen molar-refractivity contribution in [3.8, 4) is 0 Å². The van der Waals surface area contributed by atoms with Crippen molar-refractivity contribution in [3.05, 3.63) is 23.7 Å². The molecule has 1 heterocycles. The van der Waals surface area contributed by atoms with Crippen LogP contribution in [0.5, 0.6) is 0 Å². The summed E-state index contributed by atoms with van der Waals surface area (Å²) in [6, 6.07) is 4.04. The molecule has 0 aliphatic rings. The van der Waals surface area contributed by atoms with Gasteiger partial charge in [0.2, 0.25) is 0 Å². The van der Waals surface area contributed by atoms with E-state index in [4.69, 9.17) is 9.52 Å². The first-order valence-corrected chi connectivity index (χ1v) is 5.68. The molecule has 0 saturated heterocycles. The third-order valence-electron chi connectivity index (χ3n) is 2.34. The van der Waals surface area contributed by atoms with Crippen LogP contribution in [0.3, 0.4) is 0 Å². The van der Waals surface area contributed by atoms with Crippen LogP contribution in [0.4, 0.5) is 0 Å². The van der Waals surface area contributed by atoms with E-state index in [1.165, 1.54) is 0 Å². The van der Waals surface area contributed by atoms with E-state index >= 15 is 0 Å². The van der Waals surface area contributed by atoms with Crippen LogP contribution in [-0.2, 0) is 13.0 Å². The number of nitrogens with one attached hydrogen (secondary N) is 1. The summed E-state index contributed by atoms with van der Waals surface area (Å²) in [6.07, 6.45) is 2.61. The fourth-order valence-electron chi connectivity index (χ4n) is 1.44. The molecule has 1 aromatic heterocycles. The second-order valence-corrected chi connectivity index (χ2v) is 3.89. The van der Waals surface area contributed by atoms with E-state index < -0.39 is 0 Å². The molecule has 3 nitrogen and oxygen atoms in total. The van der Waals surface area contributed by atoms with Gasteiger partial charge in [0.1, 0.15) is 11.5 Å². The molecule has 0 radical (unpaired) electrons. The molecule has 0 aromatic carbocycles. The van der Waals surface area contributed by atoms with Crippen molar-refractivity contribution in [2.45, 2.75) is 45.8 Å². The van der Waals surface area contributed by atoms with Crippen molar-refractivity contribution in [2.75, 3.05) is 6.54 Å². The number of hydrogen-bond acceptors (Lipinski definition) is 3. The Kier molecular flexibility index (Phi) is 5.43. The van der Waals surface area contributed by atoms with Gasteiger partial charge in [-0.2, -0.15) is 0 Å². The summed E-state index contributed by atoms with van der Waals surface area (Å²) in [6.45, 7) is 5.60. The molecular formula is C12H21NO2. The first kappa shape index (κ1) is 12.3. The predicted molar refractivity (Wildman–Crippen MR) is 60.7 cm³/mol. The Labute approximate surface area is 91.5 Å². The summed E-state index contributed by atoms with van der Waals surface area (Å²) < 4.78 is 5.55. The average molecular weight is 211 g/mol. The number of rotatable bonds is 7. The Morgan fingerprint density at radius 1 is 1.40 bits per heavy atom. The minimum Gasteiger partial charge on any atom is -0.465 e. The molecule has 1 atom stereocenters. The summed E-state index contributed by atoms with van der Waals surface area (Å²) in [7, 11) is 0. The maximum Gasteiger partial charge on any atom is 0.117 e. The first-order chi connectivity index (χ1) is 7.22. The van der Waals surface area contributed by atoms with E-state index in [1.54, 1.807) is 0 Å². The van der Waals surface area contributed by atoms with Crippen molar-refractivity contribution >= 4 is 0 Å². The van der Waals surface area contributed by atoms with Crippen molar-refractivity contribution in [1.82, 2.24) is 5.32 Å². The number of aliphatic hydroxyl groups is 1. The highest BCUT2D eigenvalue weighted by Crippen LogP contribution is 2.07. The van der Waals surface area contributed by atoms with Gasteiger partial charge in [0.25, 0.3) is 0 Å². The van der Waals surface area contributed by atoms with Gasteiger partial charge in [-0.05, 0) is 38.4 Å². The highest BCUT2D eigenvalue weighted by molar-refractivity contribution is 5.06. The summed E-state index contributed by atoms with van der Waals surface area (Å²) in [5.74, 6) is 2.03. The quantitative estimate of drug-likeness (QED) is 0.679. The molecule has 0 fully saturated rings. The van der Waals surface area contributed by atoms with Gasteiger partial charge in [-0.25, -0.2) is 0 Å². The van der Waals surface area contributed by atoms with Crippen LogP contribution in [0, 0.1) is 0 Å². The van der Waals surface area contributed by atoms with Gasteiger partial charge in [0.15, 0.2) is 0 Å². The summed E-state index contributed by atoms with van der Waals surface area (Å²) in [4.78, 5) is 0. The van der Waals surface area contributed by atoms with Gasteiger partial charge < -0.3 is 14.8 Å². The van der Waals surface area contributed by atoms with Gasteiger partial charge >= 0.3 is 0 Å². The van der Waals surface area contributed by atoms with Crippen LogP contribution in [0.1, 0.15) is 38.2 Å². The number of furan rings is 1. The van der Waals surface area contributed by atoms with Crippen LogP contribution in [0.2, 0.25) is 0 Å². The van der Waals surface area contributed by atoms with Crippen molar-refractivity contribution in [1.29, 1.82) is 0 Å². The molecule has 0 amide bonds. The van der Waals surface area contributed by atoms with E-state index in [-0.39, 0.29) is 6.10 Å². The second kappa shape index (κ2) is 6.64. The lowest BCUT2D eigenvalue weighted by Crippen LogP contribution is -2.15. The average Bonchev–Trinajstić information content (AvgIpc) is 2.65. The molecule has 0 aliphatic carbocycles. The largest absolute Gasteiger partial charge is 0.465 e. The molecule has 0 aliphatic heterocycles. The molecule has 3 heteroatoms. The molecule has 1 unspecified atom stereocenters. The fourth-order valence-corrected chi connectivity index (χ4v) is 1.44. The number of aryl methyl sites for hydroxylation is 1. The SMILES string of the molecule is CCc1ccc(CNCCCC(C)O)o1. The van der Waals surface area contributed by atoms with Gasteiger partial charge in [-0.1, -0.05) is 6.92 Å². The first-order valence-electron chi connectivity index (χ1n) is 5.68. The van der Waals surface area contributed by atoms with E-state index in [1.807, 2.05) is 19.1 Å². The molecule has 1 rings (SSSR count). The van der Waals surface area contributed by atoms with Crippen molar-refractivity contribution in [2.24, 2.45) is 0 Å². The lowest BCUT2D eigenvalue weighted by Gasteiger charge is -2.04. The normalized spacial score (nSPS) is 13.0. The minimum atomic E-state index is -0.192. The Bertz CT molecular complexity index is 268. The maximum absolute atomic E-state index is 9.06. The third kappa shape index (κ3) is 5.00. The monoisotopic (exact) mass is 211 g/mol. The van der Waals surface area contributed by atoms with Crippen LogP contribution in [0.25, 0.3) is 0 Å². The lowest BCUT2D eigenvalue weighted by atomic mass is 10.2. The fraction of sp³-hybridized carbons (Fsp3) is 0.667. The lowest BCUT2D eigenvalue weighted by molar-refractivity contribution is 0.181. The van der Waals surface area contributed by atoms with Crippen molar-refractivity contribution in [3.63, 3.8) is 0 Å². The second-order valence-electron chi connectivity index (χ2n) is 3.89. The van der Waals surface area contributed by atoms with Crippen LogP contribution in [-0.4, -0.2) is 17.8 Å². The zero-order chi connectivity index (χ0) is 11.1. The Morgan fingerprint density at radius 3 is 2.73 bits per heavy atom. The highest BCUT2D eigenvalue weighted by atomic mass is 16.3. The molecular weight excluding hydrogens is 190 g/mol. The standard InChI is InChI=1S/C12H21NO2/c1-3-11-6-7-12(15-11)9-13-8-4-5-10(2)14/h6-7,10,13-14H,3-5,8-9H2,1-2H3. The molecule has 15 heavy (non-hydrogen) atoms.